The second kappa shape index (κ2) is 12.2. The minimum absolute atomic E-state index is 0.00183. The fourth-order valence-electron chi connectivity index (χ4n) is 10.4. The maximum Gasteiger partial charge on any atom is -0.000740 e. The zero-order valence-corrected chi connectivity index (χ0v) is 32.9. The normalized spacial score (nSPS) is 12.4. The molecule has 0 N–H and O–H groups in total. The molecule has 0 saturated heterocycles. The number of fused-ring (bicyclic) bond motifs is 8. The van der Waals surface area contributed by atoms with Crippen LogP contribution in [0.2, 0.25) is 0 Å². The van der Waals surface area contributed by atoms with Gasteiger partial charge in [-0.25, -0.2) is 0 Å². The molecule has 2 aliphatic carbocycles. The van der Waals surface area contributed by atoms with Gasteiger partial charge in [0.05, 0.1) is 0 Å². The number of benzene rings is 10. The van der Waals surface area contributed by atoms with Crippen molar-refractivity contribution >= 4 is 32.3 Å². The molecule has 0 bridgehead atoms. The Kier molecular flexibility index (Phi) is 7.00. The van der Waals surface area contributed by atoms with Crippen molar-refractivity contribution in [2.24, 2.45) is 0 Å². The fraction of sp³-hybridized carbons (Fsp3) is 0.0690. The summed E-state index contributed by atoms with van der Waals surface area (Å²) < 4.78 is 0. The van der Waals surface area contributed by atoms with E-state index in [4.69, 9.17) is 0 Å². The minimum Gasteiger partial charge on any atom is -0.0622 e. The van der Waals surface area contributed by atoms with Gasteiger partial charge in [0.25, 0.3) is 0 Å². The van der Waals surface area contributed by atoms with Crippen LogP contribution < -0.4 is 0 Å². The summed E-state index contributed by atoms with van der Waals surface area (Å²) >= 11 is 0. The quantitative estimate of drug-likeness (QED) is 0.169. The minimum atomic E-state index is 0.00183. The van der Waals surface area contributed by atoms with Crippen molar-refractivity contribution in [2.75, 3.05) is 0 Å². The van der Waals surface area contributed by atoms with Gasteiger partial charge >= 0.3 is 0 Å². The first-order valence-electron chi connectivity index (χ1n) is 20.5. The van der Waals surface area contributed by atoms with Gasteiger partial charge < -0.3 is 0 Å². The molecule has 0 amide bonds. The average Bonchev–Trinajstić information content (AvgIpc) is 3.77. The third-order valence-electron chi connectivity index (χ3n) is 12.9. The van der Waals surface area contributed by atoms with Crippen LogP contribution in [0.25, 0.3) is 121 Å². The zero-order chi connectivity index (χ0) is 38.7. The predicted octanol–water partition coefficient (Wildman–Crippen LogP) is 16.4. The topological polar surface area (TPSA) is 0 Å². The Morgan fingerprint density at radius 3 is 0.879 bits per heavy atom. The standard InChI is InChI=1S/C58H40/c1-58(2,3)39-28-29-42-47(34-39)51(38-24-14-7-15-25-38)57-46-33-32-44-52-43(30-31-45(53(46)52)56(57)50(42)37-22-12-6-13-23-37)54-48(35-18-8-4-9-19-35)40-26-16-17-27-41(40)49(55(44)54)36-20-10-5-11-21-36/h4-34H,1-3H3. The first kappa shape index (κ1) is 33.2. The second-order valence-electron chi connectivity index (χ2n) is 17.1. The number of rotatable bonds is 4. The molecule has 0 heteroatoms. The molecule has 0 unspecified atom stereocenters. The van der Waals surface area contributed by atoms with E-state index in [1.165, 1.54) is 127 Å². The van der Waals surface area contributed by atoms with Crippen LogP contribution in [-0.2, 0) is 5.41 Å². The summed E-state index contributed by atoms with van der Waals surface area (Å²) in [6, 6.07) is 70.5. The molecular weight excluding hydrogens is 697 g/mol. The van der Waals surface area contributed by atoms with Crippen LogP contribution in [0.15, 0.2) is 188 Å². The van der Waals surface area contributed by atoms with E-state index in [9.17, 15) is 0 Å². The summed E-state index contributed by atoms with van der Waals surface area (Å²) in [5, 5.41) is 7.90. The highest BCUT2D eigenvalue weighted by molar-refractivity contribution is 6.35. The molecule has 0 spiro atoms. The molecule has 0 nitrogen and oxygen atoms in total. The van der Waals surface area contributed by atoms with Crippen molar-refractivity contribution in [3.63, 3.8) is 0 Å². The molecule has 10 aromatic rings. The van der Waals surface area contributed by atoms with E-state index < -0.39 is 0 Å². The van der Waals surface area contributed by atoms with Crippen molar-refractivity contribution in [2.45, 2.75) is 26.2 Å². The van der Waals surface area contributed by atoms with Gasteiger partial charge in [-0.2, -0.15) is 0 Å². The summed E-state index contributed by atoms with van der Waals surface area (Å²) in [5.74, 6) is 0. The summed E-state index contributed by atoms with van der Waals surface area (Å²) in [5.41, 5.74) is 22.2. The summed E-state index contributed by atoms with van der Waals surface area (Å²) in [6.07, 6.45) is 0. The molecule has 0 aliphatic heterocycles. The molecule has 0 atom stereocenters. The maximum absolute atomic E-state index is 2.49. The Hall–Kier alpha value is -7.02. The van der Waals surface area contributed by atoms with Crippen LogP contribution >= 0.6 is 0 Å². The molecule has 272 valence electrons. The smallest absolute Gasteiger partial charge is 0.000740 e. The largest absolute Gasteiger partial charge is 0.0622 e. The first-order chi connectivity index (χ1) is 28.5. The lowest BCUT2D eigenvalue weighted by atomic mass is 9.79. The van der Waals surface area contributed by atoms with E-state index >= 15 is 0 Å². The lowest BCUT2D eigenvalue weighted by molar-refractivity contribution is 0.591. The Labute approximate surface area is 339 Å². The highest BCUT2D eigenvalue weighted by Crippen LogP contribution is 2.64. The average molecular weight is 737 g/mol. The Balaban J connectivity index is 1.27. The zero-order valence-electron chi connectivity index (χ0n) is 32.9. The van der Waals surface area contributed by atoms with Crippen LogP contribution in [0.3, 0.4) is 0 Å². The monoisotopic (exact) mass is 736 g/mol. The van der Waals surface area contributed by atoms with Crippen molar-refractivity contribution in [1.82, 2.24) is 0 Å². The lowest BCUT2D eigenvalue weighted by Crippen LogP contribution is -2.10. The fourth-order valence-corrected chi connectivity index (χ4v) is 10.4. The second-order valence-corrected chi connectivity index (χ2v) is 17.1. The lowest BCUT2D eigenvalue weighted by Gasteiger charge is -2.24. The highest BCUT2D eigenvalue weighted by atomic mass is 14.4. The van der Waals surface area contributed by atoms with Gasteiger partial charge in [0.2, 0.25) is 0 Å². The molecular formula is C58H40. The van der Waals surface area contributed by atoms with Crippen LogP contribution in [0, 0.1) is 0 Å². The number of hydrogen-bond acceptors (Lipinski definition) is 0. The third kappa shape index (κ3) is 4.58. The molecule has 0 saturated carbocycles. The van der Waals surface area contributed by atoms with E-state index in [0.717, 1.165) is 0 Å². The Morgan fingerprint density at radius 2 is 0.552 bits per heavy atom. The van der Waals surface area contributed by atoms with Crippen molar-refractivity contribution in [3.8, 4) is 89.0 Å². The van der Waals surface area contributed by atoms with Crippen molar-refractivity contribution < 1.29 is 0 Å². The van der Waals surface area contributed by atoms with Gasteiger partial charge in [-0.05, 0) is 138 Å². The summed E-state index contributed by atoms with van der Waals surface area (Å²) in [6.45, 7) is 6.97. The molecule has 0 heterocycles. The van der Waals surface area contributed by atoms with Gasteiger partial charge in [0, 0.05) is 0 Å². The van der Waals surface area contributed by atoms with Crippen molar-refractivity contribution in [3.05, 3.63) is 194 Å². The molecule has 0 aromatic heterocycles. The number of hydrogen-bond donors (Lipinski definition) is 0. The van der Waals surface area contributed by atoms with Crippen LogP contribution in [-0.4, -0.2) is 0 Å². The SMILES string of the molecule is CC(C)(C)c1ccc2c(-c3ccccc3)c3c(c(-c4ccccc4)c2c1)-c1ccc2c4c(ccc-3c14)-c1c-2c(-c2ccccc2)c2ccccc2c1-c1ccccc1. The molecule has 2 aliphatic rings. The summed E-state index contributed by atoms with van der Waals surface area (Å²) in [4.78, 5) is 0. The molecule has 0 radical (unpaired) electrons. The van der Waals surface area contributed by atoms with Gasteiger partial charge in [0.15, 0.2) is 0 Å². The predicted molar refractivity (Wildman–Crippen MR) is 248 cm³/mol. The van der Waals surface area contributed by atoms with E-state index in [1.807, 2.05) is 0 Å². The van der Waals surface area contributed by atoms with Gasteiger partial charge in [-0.1, -0.05) is 203 Å². The Morgan fingerprint density at radius 1 is 0.259 bits per heavy atom. The van der Waals surface area contributed by atoms with E-state index in [2.05, 4.69) is 209 Å². The Bertz CT molecular complexity index is 3220. The first-order valence-corrected chi connectivity index (χ1v) is 20.5. The highest BCUT2D eigenvalue weighted by Gasteiger charge is 2.37. The van der Waals surface area contributed by atoms with Gasteiger partial charge in [-0.15, -0.1) is 0 Å². The molecule has 58 heavy (non-hydrogen) atoms. The van der Waals surface area contributed by atoms with E-state index in [-0.39, 0.29) is 5.41 Å². The maximum atomic E-state index is 2.49. The molecule has 0 fully saturated rings. The molecule has 12 rings (SSSR count). The van der Waals surface area contributed by atoms with E-state index in [1.54, 1.807) is 0 Å². The van der Waals surface area contributed by atoms with Crippen LogP contribution in [0.5, 0.6) is 0 Å². The van der Waals surface area contributed by atoms with Crippen LogP contribution in [0.1, 0.15) is 26.3 Å². The third-order valence-corrected chi connectivity index (χ3v) is 12.9. The van der Waals surface area contributed by atoms with Gasteiger partial charge in [0.1, 0.15) is 0 Å². The van der Waals surface area contributed by atoms with Crippen molar-refractivity contribution in [1.29, 1.82) is 0 Å². The van der Waals surface area contributed by atoms with E-state index in [0.29, 0.717) is 0 Å². The van der Waals surface area contributed by atoms with Crippen LogP contribution in [0.4, 0.5) is 0 Å². The summed E-state index contributed by atoms with van der Waals surface area (Å²) in [7, 11) is 0. The van der Waals surface area contributed by atoms with Gasteiger partial charge in [-0.3, -0.25) is 0 Å². The molecule has 10 aromatic carbocycles.